The Morgan fingerprint density at radius 2 is 2.08 bits per heavy atom. The molecule has 2 aliphatic heterocycles. The van der Waals surface area contributed by atoms with Gasteiger partial charge in [0.25, 0.3) is 0 Å². The summed E-state index contributed by atoms with van der Waals surface area (Å²) in [6.45, 7) is 6.18. The van der Waals surface area contributed by atoms with E-state index < -0.39 is 0 Å². The molecular formula is C19H26ClN5S. The van der Waals surface area contributed by atoms with Crippen LogP contribution in [-0.2, 0) is 13.1 Å². The van der Waals surface area contributed by atoms with Crippen molar-refractivity contribution in [3.8, 4) is 0 Å². The molecule has 1 atom stereocenters. The molecule has 0 spiro atoms. The van der Waals surface area contributed by atoms with Gasteiger partial charge in [-0.2, -0.15) is 0 Å². The van der Waals surface area contributed by atoms with E-state index in [4.69, 9.17) is 11.6 Å². The molecule has 2 aromatic heterocycles. The maximum atomic E-state index is 6.39. The molecule has 0 amide bonds. The molecule has 0 saturated carbocycles. The van der Waals surface area contributed by atoms with Crippen molar-refractivity contribution in [2.75, 3.05) is 31.1 Å². The number of hydrogen-bond acceptors (Lipinski definition) is 6. The lowest BCUT2D eigenvalue weighted by Crippen LogP contribution is -2.45. The first kappa shape index (κ1) is 18.2. The number of nitrogens with zero attached hydrogens (tertiary/aromatic N) is 4. The summed E-state index contributed by atoms with van der Waals surface area (Å²) in [7, 11) is 0. The normalized spacial score (nSPS) is 21.4. The molecular weight excluding hydrogens is 366 g/mol. The largest absolute Gasteiger partial charge is 0.348 e. The average Bonchev–Trinajstić information content (AvgIpc) is 3.31. The predicted molar refractivity (Wildman–Crippen MR) is 108 cm³/mol. The molecule has 140 valence electrons. The molecule has 7 heteroatoms. The quantitative estimate of drug-likeness (QED) is 0.815. The van der Waals surface area contributed by atoms with E-state index in [1.807, 2.05) is 12.3 Å². The molecule has 0 aliphatic carbocycles. The molecule has 0 aromatic carbocycles. The van der Waals surface area contributed by atoms with E-state index >= 15 is 0 Å². The van der Waals surface area contributed by atoms with Crippen molar-refractivity contribution in [1.29, 1.82) is 0 Å². The lowest BCUT2D eigenvalue weighted by Gasteiger charge is -2.33. The van der Waals surface area contributed by atoms with Crippen molar-refractivity contribution in [2.24, 2.45) is 0 Å². The highest BCUT2D eigenvalue weighted by Crippen LogP contribution is 2.31. The summed E-state index contributed by atoms with van der Waals surface area (Å²) in [6, 6.07) is 6.64. The average molecular weight is 392 g/mol. The molecule has 5 nitrogen and oxygen atoms in total. The van der Waals surface area contributed by atoms with E-state index in [1.54, 1.807) is 11.3 Å². The Balaban J connectivity index is 1.30. The van der Waals surface area contributed by atoms with Crippen molar-refractivity contribution >= 4 is 28.1 Å². The predicted octanol–water partition coefficient (Wildman–Crippen LogP) is 3.55. The Labute approximate surface area is 164 Å². The smallest absolute Gasteiger partial charge is 0.187 e. The van der Waals surface area contributed by atoms with E-state index in [0.29, 0.717) is 11.2 Å². The Morgan fingerprint density at radius 1 is 1.19 bits per heavy atom. The van der Waals surface area contributed by atoms with Gasteiger partial charge in [0.05, 0.1) is 10.6 Å². The minimum absolute atomic E-state index is 0.501. The number of thiazole rings is 1. The highest BCUT2D eigenvalue weighted by molar-refractivity contribution is 7.16. The second kappa shape index (κ2) is 8.65. The van der Waals surface area contributed by atoms with E-state index in [1.165, 1.54) is 25.7 Å². The van der Waals surface area contributed by atoms with Crippen LogP contribution in [0, 0.1) is 0 Å². The Hall–Kier alpha value is -1.21. The molecule has 2 aliphatic rings. The van der Waals surface area contributed by atoms with Crippen LogP contribution in [0.4, 0.5) is 5.13 Å². The molecule has 0 bridgehead atoms. The number of pyridine rings is 1. The van der Waals surface area contributed by atoms with Crippen molar-refractivity contribution in [3.63, 3.8) is 0 Å². The van der Waals surface area contributed by atoms with Gasteiger partial charge in [0.15, 0.2) is 5.13 Å². The number of rotatable bonds is 6. The third-order valence-electron chi connectivity index (χ3n) is 5.18. The number of aromatic nitrogens is 2. The number of halogens is 1. The Kier molecular flexibility index (Phi) is 6.05. The van der Waals surface area contributed by atoms with Crippen LogP contribution in [0.25, 0.3) is 0 Å². The van der Waals surface area contributed by atoms with Crippen molar-refractivity contribution in [1.82, 2.24) is 20.2 Å². The number of piperidine rings is 1. The van der Waals surface area contributed by atoms with Crippen LogP contribution < -0.4 is 10.2 Å². The molecule has 26 heavy (non-hydrogen) atoms. The van der Waals surface area contributed by atoms with Gasteiger partial charge in [-0.15, -0.1) is 0 Å². The minimum atomic E-state index is 0.501. The van der Waals surface area contributed by atoms with Crippen LogP contribution in [0.15, 0.2) is 24.4 Å². The molecule has 1 N–H and O–H groups in total. The van der Waals surface area contributed by atoms with E-state index in [0.717, 1.165) is 55.0 Å². The summed E-state index contributed by atoms with van der Waals surface area (Å²) >= 11 is 8.14. The topological polar surface area (TPSA) is 44.3 Å². The number of anilines is 1. The first-order chi connectivity index (χ1) is 12.8. The Bertz CT molecular complexity index is 701. The molecule has 0 radical (unpaired) electrons. The number of nitrogens with one attached hydrogen (secondary N) is 1. The fraction of sp³-hybridized carbons (Fsp3) is 0.579. The molecule has 2 saturated heterocycles. The standard InChI is InChI=1S/C19H26ClN5S/c20-18-17(26-19(23-18)25-10-3-4-11-25)12-22-16-7-5-9-24(14-16)13-15-6-1-2-8-21-15/h1-2,6,8,16,22H,3-5,7,9-14H2. The van der Waals surface area contributed by atoms with Gasteiger partial charge in [-0.1, -0.05) is 29.0 Å². The fourth-order valence-corrected chi connectivity index (χ4v) is 5.06. The first-order valence-corrected chi connectivity index (χ1v) is 10.7. The fourth-order valence-electron chi connectivity index (χ4n) is 3.80. The maximum Gasteiger partial charge on any atom is 0.187 e. The minimum Gasteiger partial charge on any atom is -0.348 e. The molecule has 4 heterocycles. The van der Waals surface area contributed by atoms with Gasteiger partial charge in [-0.25, -0.2) is 4.98 Å². The lowest BCUT2D eigenvalue weighted by molar-refractivity contribution is 0.181. The van der Waals surface area contributed by atoms with Crippen LogP contribution in [0.1, 0.15) is 36.3 Å². The van der Waals surface area contributed by atoms with Crippen molar-refractivity contribution in [3.05, 3.63) is 40.1 Å². The van der Waals surface area contributed by atoms with Gasteiger partial charge in [-0.3, -0.25) is 9.88 Å². The lowest BCUT2D eigenvalue weighted by atomic mass is 10.1. The van der Waals surface area contributed by atoms with Gasteiger partial charge >= 0.3 is 0 Å². The first-order valence-electron chi connectivity index (χ1n) is 9.54. The third kappa shape index (κ3) is 4.55. The van der Waals surface area contributed by atoms with Crippen LogP contribution >= 0.6 is 22.9 Å². The van der Waals surface area contributed by atoms with Gasteiger partial charge in [0.1, 0.15) is 5.15 Å². The van der Waals surface area contributed by atoms with E-state index in [2.05, 4.69) is 37.2 Å². The van der Waals surface area contributed by atoms with Crippen molar-refractivity contribution < 1.29 is 0 Å². The number of hydrogen-bond donors (Lipinski definition) is 1. The zero-order chi connectivity index (χ0) is 17.8. The highest BCUT2D eigenvalue weighted by Gasteiger charge is 2.22. The zero-order valence-electron chi connectivity index (χ0n) is 15.0. The van der Waals surface area contributed by atoms with E-state index in [-0.39, 0.29) is 0 Å². The summed E-state index contributed by atoms with van der Waals surface area (Å²) in [6.07, 6.45) is 6.84. The van der Waals surface area contributed by atoms with Crippen LogP contribution in [0.3, 0.4) is 0 Å². The van der Waals surface area contributed by atoms with Gasteiger partial charge in [-0.05, 0) is 44.4 Å². The van der Waals surface area contributed by atoms with Gasteiger partial charge in [0, 0.05) is 45.0 Å². The maximum absolute atomic E-state index is 6.39. The van der Waals surface area contributed by atoms with Crippen molar-refractivity contribution in [2.45, 2.75) is 44.8 Å². The molecule has 4 rings (SSSR count). The molecule has 2 fully saturated rings. The monoisotopic (exact) mass is 391 g/mol. The van der Waals surface area contributed by atoms with Gasteiger partial charge < -0.3 is 10.2 Å². The number of likely N-dealkylation sites (tertiary alicyclic amines) is 1. The second-order valence-corrected chi connectivity index (χ2v) is 8.60. The third-order valence-corrected chi connectivity index (χ3v) is 6.72. The Morgan fingerprint density at radius 3 is 2.88 bits per heavy atom. The zero-order valence-corrected chi connectivity index (χ0v) is 16.6. The van der Waals surface area contributed by atoms with Gasteiger partial charge in [0.2, 0.25) is 0 Å². The summed E-state index contributed by atoms with van der Waals surface area (Å²) in [5.74, 6) is 0. The SMILES string of the molecule is Clc1nc(N2CCCC2)sc1CNC1CCCN(Cc2ccccn2)C1. The summed E-state index contributed by atoms with van der Waals surface area (Å²) in [5, 5.41) is 5.46. The summed E-state index contributed by atoms with van der Waals surface area (Å²) < 4.78 is 0. The summed E-state index contributed by atoms with van der Waals surface area (Å²) in [4.78, 5) is 15.0. The van der Waals surface area contributed by atoms with Crippen LogP contribution in [0.2, 0.25) is 5.15 Å². The second-order valence-electron chi connectivity index (χ2n) is 7.18. The highest BCUT2D eigenvalue weighted by atomic mass is 35.5. The molecule has 1 unspecified atom stereocenters. The molecule has 2 aromatic rings. The summed E-state index contributed by atoms with van der Waals surface area (Å²) in [5.41, 5.74) is 1.15. The van der Waals surface area contributed by atoms with Crippen LogP contribution in [-0.4, -0.2) is 47.1 Å². The van der Waals surface area contributed by atoms with Crippen LogP contribution in [0.5, 0.6) is 0 Å². The van der Waals surface area contributed by atoms with E-state index in [9.17, 15) is 0 Å².